The highest BCUT2D eigenvalue weighted by Crippen LogP contribution is 1.83. The summed E-state index contributed by atoms with van der Waals surface area (Å²) in [6, 6.07) is 0. The zero-order valence-corrected chi connectivity index (χ0v) is 27.5. The van der Waals surface area contributed by atoms with Crippen molar-refractivity contribution in [3.8, 4) is 0 Å². The molecule has 6 N–H and O–H groups in total. The third kappa shape index (κ3) is 58.2. The SMILES string of the molecule is CNCCOCCOCCOCCN.CNCCOCCOCCOCCN=[N+]=[N-].[N-]=[N+]=NCCOCCOCCOCCN. The van der Waals surface area contributed by atoms with Crippen LogP contribution in [0.25, 0.3) is 20.9 Å². The fourth-order valence-electron chi connectivity index (χ4n) is 2.44. The standard InChI is InChI=1S/C9H20N4O3.C9H22N2O3.C8H18N4O3/c1-11-2-4-14-6-8-16-9-7-15-5-3-12-13-10;1-11-3-5-13-7-9-14-8-6-12-4-2-10;9-1-3-13-5-7-15-8-6-14-4-2-11-12-10/h11H,2-9H2,1H3;11H,2-10H2,1H3;1-9H2. The molecule has 0 radical (unpaired) electrons. The first-order valence-electron chi connectivity index (χ1n) is 15.2. The molecule has 268 valence electrons. The van der Waals surface area contributed by atoms with Gasteiger partial charge in [-0.25, -0.2) is 0 Å². The predicted octanol–water partition coefficient (Wildman–Crippen LogP) is 0.0854. The summed E-state index contributed by atoms with van der Waals surface area (Å²) in [5, 5.41) is 12.6. The van der Waals surface area contributed by atoms with Crippen molar-refractivity contribution in [2.24, 2.45) is 21.7 Å². The molecular formula is C26H60N10O9. The molecule has 0 saturated heterocycles. The molecule has 0 unspecified atom stereocenters. The molecule has 0 heterocycles. The minimum Gasteiger partial charge on any atom is -0.379 e. The maximum atomic E-state index is 7.99. The molecule has 0 rings (SSSR count). The van der Waals surface area contributed by atoms with Crippen LogP contribution in [0.3, 0.4) is 0 Å². The van der Waals surface area contributed by atoms with Gasteiger partial charge in [0.1, 0.15) is 0 Å². The number of ether oxygens (including phenoxy) is 9. The van der Waals surface area contributed by atoms with Gasteiger partial charge >= 0.3 is 0 Å². The first-order chi connectivity index (χ1) is 22.2. The van der Waals surface area contributed by atoms with E-state index in [0.717, 1.165) is 19.7 Å². The van der Waals surface area contributed by atoms with Crippen molar-refractivity contribution < 1.29 is 42.6 Å². The lowest BCUT2D eigenvalue weighted by Gasteiger charge is -2.05. The Morgan fingerprint density at radius 3 is 0.911 bits per heavy atom. The summed E-state index contributed by atoms with van der Waals surface area (Å²) < 4.78 is 46.7. The number of hydrogen-bond donors (Lipinski definition) is 4. The molecular weight excluding hydrogens is 596 g/mol. The molecule has 19 heteroatoms. The lowest BCUT2D eigenvalue weighted by Crippen LogP contribution is -2.17. The van der Waals surface area contributed by atoms with Crippen LogP contribution in [-0.4, -0.2) is 172 Å². The van der Waals surface area contributed by atoms with E-state index in [2.05, 4.69) is 30.7 Å². The zero-order chi connectivity index (χ0) is 33.6. The van der Waals surface area contributed by atoms with E-state index in [9.17, 15) is 0 Å². The van der Waals surface area contributed by atoms with Gasteiger partial charge in [0.25, 0.3) is 0 Å². The molecule has 0 aliphatic heterocycles. The number of rotatable bonds is 34. The van der Waals surface area contributed by atoms with Crippen molar-refractivity contribution in [2.75, 3.05) is 172 Å². The summed E-state index contributed by atoms with van der Waals surface area (Å²) in [5.74, 6) is 0. The number of hydrogen-bond acceptors (Lipinski definition) is 15. The summed E-state index contributed by atoms with van der Waals surface area (Å²) in [7, 11) is 3.78. The van der Waals surface area contributed by atoms with Crippen LogP contribution in [0.2, 0.25) is 0 Å². The van der Waals surface area contributed by atoms with E-state index < -0.39 is 0 Å². The molecule has 0 amide bonds. The Hall–Kier alpha value is -1.90. The zero-order valence-electron chi connectivity index (χ0n) is 27.5. The van der Waals surface area contributed by atoms with Crippen LogP contribution in [0, 0.1) is 0 Å². The molecule has 0 atom stereocenters. The minimum atomic E-state index is 0.357. The summed E-state index contributed by atoms with van der Waals surface area (Å²) in [5.41, 5.74) is 26.4. The van der Waals surface area contributed by atoms with E-state index in [0.29, 0.717) is 138 Å². The Balaban J connectivity index is -0.000000589. The summed E-state index contributed by atoms with van der Waals surface area (Å²) in [6.07, 6.45) is 0. The maximum absolute atomic E-state index is 7.99. The number of azide groups is 2. The summed E-state index contributed by atoms with van der Waals surface area (Å²) in [6.45, 7) is 13.8. The van der Waals surface area contributed by atoms with Crippen LogP contribution >= 0.6 is 0 Å². The molecule has 0 aromatic carbocycles. The molecule has 0 aromatic heterocycles. The average Bonchev–Trinajstić information content (AvgIpc) is 3.06. The average molecular weight is 657 g/mol. The van der Waals surface area contributed by atoms with E-state index >= 15 is 0 Å². The Morgan fingerprint density at radius 2 is 0.667 bits per heavy atom. The molecule has 19 nitrogen and oxygen atoms in total. The first-order valence-corrected chi connectivity index (χ1v) is 15.2. The number of nitrogens with one attached hydrogen (secondary N) is 2. The molecule has 45 heavy (non-hydrogen) atoms. The highest BCUT2D eigenvalue weighted by Gasteiger charge is 1.92. The largest absolute Gasteiger partial charge is 0.379 e. The van der Waals surface area contributed by atoms with Crippen LogP contribution in [-0.2, 0) is 42.6 Å². The van der Waals surface area contributed by atoms with Gasteiger partial charge in [0.05, 0.1) is 119 Å². The molecule has 0 fully saturated rings. The molecule has 0 bridgehead atoms. The summed E-state index contributed by atoms with van der Waals surface area (Å²) >= 11 is 0. The van der Waals surface area contributed by atoms with Crippen molar-refractivity contribution in [1.82, 2.24) is 10.6 Å². The molecule has 0 spiro atoms. The quantitative estimate of drug-likeness (QED) is 0.0310. The van der Waals surface area contributed by atoms with E-state index in [1.54, 1.807) is 0 Å². The maximum Gasteiger partial charge on any atom is 0.0701 e. The van der Waals surface area contributed by atoms with Crippen molar-refractivity contribution in [2.45, 2.75) is 0 Å². The third-order valence-electron chi connectivity index (χ3n) is 4.55. The fourth-order valence-corrected chi connectivity index (χ4v) is 2.44. The second-order valence-electron chi connectivity index (χ2n) is 8.20. The van der Waals surface area contributed by atoms with Crippen molar-refractivity contribution in [3.63, 3.8) is 0 Å². The van der Waals surface area contributed by atoms with Gasteiger partial charge in [-0.3, -0.25) is 0 Å². The van der Waals surface area contributed by atoms with Gasteiger partial charge in [-0.1, -0.05) is 10.2 Å². The van der Waals surface area contributed by atoms with Crippen LogP contribution < -0.4 is 22.1 Å². The second kappa shape index (κ2) is 51.7. The Labute approximate surface area is 268 Å². The van der Waals surface area contributed by atoms with Gasteiger partial charge in [0, 0.05) is 49.1 Å². The second-order valence-corrected chi connectivity index (χ2v) is 8.20. The van der Waals surface area contributed by atoms with Crippen LogP contribution in [0.4, 0.5) is 0 Å². The Morgan fingerprint density at radius 1 is 0.422 bits per heavy atom. The van der Waals surface area contributed by atoms with Gasteiger partial charge in [0.2, 0.25) is 0 Å². The number of nitrogens with two attached hydrogens (primary N) is 2. The van der Waals surface area contributed by atoms with E-state index in [4.69, 9.17) is 65.2 Å². The highest BCUT2D eigenvalue weighted by molar-refractivity contribution is 4.45. The van der Waals surface area contributed by atoms with Crippen molar-refractivity contribution >= 4 is 0 Å². The van der Waals surface area contributed by atoms with E-state index in [1.165, 1.54) is 0 Å². The number of likely N-dealkylation sites (N-methyl/N-ethyl adjacent to an activating group) is 2. The monoisotopic (exact) mass is 656 g/mol. The van der Waals surface area contributed by atoms with Crippen LogP contribution in [0.5, 0.6) is 0 Å². The van der Waals surface area contributed by atoms with E-state index in [1.807, 2.05) is 14.1 Å². The Bertz CT molecular complexity index is 610. The van der Waals surface area contributed by atoms with Crippen LogP contribution in [0.1, 0.15) is 0 Å². The van der Waals surface area contributed by atoms with E-state index in [-0.39, 0.29) is 0 Å². The Kier molecular flexibility index (Phi) is 54.5. The normalized spacial score (nSPS) is 10.2. The number of nitrogens with zero attached hydrogens (tertiary/aromatic N) is 6. The van der Waals surface area contributed by atoms with Crippen molar-refractivity contribution in [1.29, 1.82) is 0 Å². The first kappa shape index (κ1) is 47.5. The fraction of sp³-hybridized carbons (Fsp3) is 1.00. The van der Waals surface area contributed by atoms with Gasteiger partial charge in [-0.05, 0) is 25.2 Å². The van der Waals surface area contributed by atoms with Gasteiger partial charge < -0.3 is 64.7 Å². The lowest BCUT2D eigenvalue weighted by molar-refractivity contribution is 0.0168. The van der Waals surface area contributed by atoms with Gasteiger partial charge in [0.15, 0.2) is 0 Å². The third-order valence-corrected chi connectivity index (χ3v) is 4.55. The lowest BCUT2D eigenvalue weighted by atomic mass is 10.6. The molecule has 0 aliphatic carbocycles. The van der Waals surface area contributed by atoms with Crippen LogP contribution in [0.15, 0.2) is 10.2 Å². The molecule has 0 aliphatic rings. The molecule has 0 aromatic rings. The van der Waals surface area contributed by atoms with Gasteiger partial charge in [-0.2, -0.15) is 0 Å². The highest BCUT2D eigenvalue weighted by atomic mass is 16.6. The topological polar surface area (TPSA) is 257 Å². The molecule has 0 saturated carbocycles. The van der Waals surface area contributed by atoms with Crippen molar-refractivity contribution in [3.05, 3.63) is 20.9 Å². The minimum absolute atomic E-state index is 0.357. The summed E-state index contributed by atoms with van der Waals surface area (Å²) in [4.78, 5) is 5.21. The van der Waals surface area contributed by atoms with Gasteiger partial charge in [-0.15, -0.1) is 0 Å². The predicted molar refractivity (Wildman–Crippen MR) is 171 cm³/mol. The smallest absolute Gasteiger partial charge is 0.0701 e.